The van der Waals surface area contributed by atoms with Crippen molar-refractivity contribution in [2.45, 2.75) is 45.6 Å². The molecule has 2 nitrogen and oxygen atoms in total. The fourth-order valence-corrected chi connectivity index (χ4v) is 2.91. The highest BCUT2D eigenvalue weighted by Crippen LogP contribution is 2.30. The maximum atomic E-state index is 5.88. The normalized spacial score (nSPS) is 24.6. The van der Waals surface area contributed by atoms with E-state index in [1.54, 1.807) is 0 Å². The molecule has 2 N–H and O–H groups in total. The van der Waals surface area contributed by atoms with Crippen molar-refractivity contribution in [1.29, 1.82) is 0 Å². The molecule has 0 aliphatic heterocycles. The van der Waals surface area contributed by atoms with Gasteiger partial charge in [0.1, 0.15) is 0 Å². The Labute approximate surface area is 105 Å². The highest BCUT2D eigenvalue weighted by Gasteiger charge is 2.23. The van der Waals surface area contributed by atoms with Gasteiger partial charge < -0.3 is 10.6 Å². The molecule has 94 valence electrons. The molecule has 0 radical (unpaired) electrons. The molecule has 0 amide bonds. The monoisotopic (exact) mass is 232 g/mol. The maximum Gasteiger partial charge on any atom is 0.0389 e. The third-order valence-electron chi connectivity index (χ3n) is 3.97. The van der Waals surface area contributed by atoms with Crippen molar-refractivity contribution in [2.24, 2.45) is 5.92 Å². The molecule has 1 aromatic rings. The van der Waals surface area contributed by atoms with Crippen LogP contribution in [0.2, 0.25) is 0 Å². The van der Waals surface area contributed by atoms with Gasteiger partial charge >= 0.3 is 0 Å². The van der Waals surface area contributed by atoms with Gasteiger partial charge in [0, 0.05) is 24.0 Å². The molecule has 1 aliphatic rings. The van der Waals surface area contributed by atoms with E-state index in [-0.39, 0.29) is 0 Å². The summed E-state index contributed by atoms with van der Waals surface area (Å²) in [4.78, 5) is 2.52. The summed E-state index contributed by atoms with van der Waals surface area (Å²) in [6, 6.07) is 9.00. The van der Waals surface area contributed by atoms with Crippen molar-refractivity contribution in [2.75, 3.05) is 17.2 Å². The minimum absolute atomic E-state index is 0.706. The summed E-state index contributed by atoms with van der Waals surface area (Å²) in [5.74, 6) is 0.908. The number of hydrogen-bond donors (Lipinski definition) is 1. The van der Waals surface area contributed by atoms with Crippen molar-refractivity contribution in [1.82, 2.24) is 0 Å². The second-order valence-electron chi connectivity index (χ2n) is 5.29. The lowest BCUT2D eigenvalue weighted by molar-refractivity contribution is 0.336. The molecule has 0 heterocycles. The van der Waals surface area contributed by atoms with Gasteiger partial charge in [-0.3, -0.25) is 0 Å². The average molecular weight is 232 g/mol. The Hall–Kier alpha value is -1.18. The van der Waals surface area contributed by atoms with Gasteiger partial charge in [0.05, 0.1) is 0 Å². The third-order valence-corrected chi connectivity index (χ3v) is 3.97. The Morgan fingerprint density at radius 3 is 2.53 bits per heavy atom. The Bertz CT molecular complexity index is 354. The van der Waals surface area contributed by atoms with Gasteiger partial charge in [0.2, 0.25) is 0 Å². The van der Waals surface area contributed by atoms with Crippen LogP contribution in [0, 0.1) is 5.92 Å². The molecule has 2 rings (SSSR count). The zero-order chi connectivity index (χ0) is 12.3. The number of anilines is 2. The zero-order valence-corrected chi connectivity index (χ0v) is 11.0. The van der Waals surface area contributed by atoms with Crippen LogP contribution in [0.15, 0.2) is 24.3 Å². The van der Waals surface area contributed by atoms with Crippen LogP contribution >= 0.6 is 0 Å². The van der Waals surface area contributed by atoms with Crippen LogP contribution in [0.3, 0.4) is 0 Å². The van der Waals surface area contributed by atoms with E-state index in [1.165, 1.54) is 31.4 Å². The van der Waals surface area contributed by atoms with Crippen LogP contribution in [-0.4, -0.2) is 12.6 Å². The summed E-state index contributed by atoms with van der Waals surface area (Å²) in [6.07, 6.45) is 5.38. The average Bonchev–Trinajstić information content (AvgIpc) is 2.33. The quantitative estimate of drug-likeness (QED) is 0.806. The smallest absolute Gasteiger partial charge is 0.0389 e. The molecule has 0 spiro atoms. The van der Waals surface area contributed by atoms with Gasteiger partial charge in [0.15, 0.2) is 0 Å². The predicted molar refractivity (Wildman–Crippen MR) is 75.3 cm³/mol. The highest BCUT2D eigenvalue weighted by atomic mass is 15.2. The number of hydrogen-bond acceptors (Lipinski definition) is 2. The summed E-state index contributed by atoms with van der Waals surface area (Å²) < 4.78 is 0. The summed E-state index contributed by atoms with van der Waals surface area (Å²) in [6.45, 7) is 5.68. The van der Waals surface area contributed by atoms with Crippen LogP contribution < -0.4 is 10.6 Å². The Balaban J connectivity index is 2.10. The van der Waals surface area contributed by atoms with E-state index in [4.69, 9.17) is 5.73 Å². The van der Waals surface area contributed by atoms with Crippen LogP contribution in [0.25, 0.3) is 0 Å². The van der Waals surface area contributed by atoms with E-state index in [0.29, 0.717) is 6.04 Å². The minimum Gasteiger partial charge on any atom is -0.399 e. The number of rotatable bonds is 3. The molecule has 0 bridgehead atoms. The predicted octanol–water partition coefficient (Wildman–Crippen LogP) is 3.67. The number of nitrogens with two attached hydrogens (primary N) is 1. The van der Waals surface area contributed by atoms with Crippen molar-refractivity contribution in [3.05, 3.63) is 24.3 Å². The van der Waals surface area contributed by atoms with Crippen LogP contribution in [0.1, 0.15) is 39.5 Å². The van der Waals surface area contributed by atoms with Crippen molar-refractivity contribution < 1.29 is 0 Å². The van der Waals surface area contributed by atoms with Crippen molar-refractivity contribution in [3.8, 4) is 0 Å². The molecule has 1 fully saturated rings. The lowest BCUT2D eigenvalue weighted by Crippen LogP contribution is -2.37. The van der Waals surface area contributed by atoms with Gasteiger partial charge in [-0.25, -0.2) is 0 Å². The van der Waals surface area contributed by atoms with E-state index >= 15 is 0 Å². The van der Waals surface area contributed by atoms with Gasteiger partial charge in [-0.15, -0.1) is 0 Å². The molecule has 2 heteroatoms. The first-order chi connectivity index (χ1) is 8.20. The topological polar surface area (TPSA) is 29.3 Å². The van der Waals surface area contributed by atoms with E-state index in [2.05, 4.69) is 36.9 Å². The molecule has 0 aromatic heterocycles. The molecule has 17 heavy (non-hydrogen) atoms. The third kappa shape index (κ3) is 2.93. The van der Waals surface area contributed by atoms with Crippen molar-refractivity contribution >= 4 is 11.4 Å². The van der Waals surface area contributed by atoms with Gasteiger partial charge in [-0.2, -0.15) is 0 Å². The van der Waals surface area contributed by atoms with E-state index in [0.717, 1.165) is 18.2 Å². The van der Waals surface area contributed by atoms with Crippen LogP contribution in [0.4, 0.5) is 11.4 Å². The summed E-state index contributed by atoms with van der Waals surface area (Å²) in [7, 11) is 0. The summed E-state index contributed by atoms with van der Waals surface area (Å²) in [5.41, 5.74) is 8.03. The SMILES string of the molecule is CCN(c1cccc(N)c1)C1CCC(C)CC1. The Kier molecular flexibility index (Phi) is 3.93. The van der Waals surface area contributed by atoms with Gasteiger partial charge in [-0.05, 0) is 56.7 Å². The summed E-state index contributed by atoms with van der Waals surface area (Å²) >= 11 is 0. The molecule has 0 atom stereocenters. The highest BCUT2D eigenvalue weighted by molar-refractivity contribution is 5.56. The second-order valence-corrected chi connectivity index (χ2v) is 5.29. The van der Waals surface area contributed by atoms with Gasteiger partial charge in [0.25, 0.3) is 0 Å². The largest absolute Gasteiger partial charge is 0.399 e. The number of nitrogen functional groups attached to an aromatic ring is 1. The molecule has 0 saturated heterocycles. The minimum atomic E-state index is 0.706. The lowest BCUT2D eigenvalue weighted by Gasteiger charge is -2.37. The molecular formula is C15H24N2. The van der Waals surface area contributed by atoms with Crippen LogP contribution in [-0.2, 0) is 0 Å². The van der Waals surface area contributed by atoms with Gasteiger partial charge in [-0.1, -0.05) is 13.0 Å². The lowest BCUT2D eigenvalue weighted by atomic mass is 9.86. The molecule has 1 aromatic carbocycles. The standard InChI is InChI=1S/C15H24N2/c1-3-17(14-9-7-12(2)8-10-14)15-6-4-5-13(16)11-15/h4-6,11-12,14H,3,7-10,16H2,1-2H3. The fourth-order valence-electron chi connectivity index (χ4n) is 2.91. The fraction of sp³-hybridized carbons (Fsp3) is 0.600. The summed E-state index contributed by atoms with van der Waals surface area (Å²) in [5, 5.41) is 0. The van der Waals surface area contributed by atoms with Crippen molar-refractivity contribution in [3.63, 3.8) is 0 Å². The molecular weight excluding hydrogens is 208 g/mol. The van der Waals surface area contributed by atoms with E-state index in [9.17, 15) is 0 Å². The van der Waals surface area contributed by atoms with E-state index in [1.807, 2.05) is 6.07 Å². The van der Waals surface area contributed by atoms with E-state index < -0.39 is 0 Å². The van der Waals surface area contributed by atoms with Crippen LogP contribution in [0.5, 0.6) is 0 Å². The molecule has 0 unspecified atom stereocenters. The first kappa shape index (κ1) is 12.3. The first-order valence-electron chi connectivity index (χ1n) is 6.83. The molecule has 1 aliphatic carbocycles. The second kappa shape index (κ2) is 5.44. The molecule has 1 saturated carbocycles. The Morgan fingerprint density at radius 1 is 1.24 bits per heavy atom. The maximum absolute atomic E-state index is 5.88. The Morgan fingerprint density at radius 2 is 1.94 bits per heavy atom. The first-order valence-corrected chi connectivity index (χ1v) is 6.83. The number of nitrogens with zero attached hydrogens (tertiary/aromatic N) is 1. The zero-order valence-electron chi connectivity index (χ0n) is 11.0. The number of benzene rings is 1.